The number of pyridine rings is 1. The predicted octanol–water partition coefficient (Wildman–Crippen LogP) is 3.82. The highest BCUT2D eigenvalue weighted by atomic mass is 32.1. The van der Waals surface area contributed by atoms with Gasteiger partial charge >= 0.3 is 0 Å². The quantitative estimate of drug-likeness (QED) is 0.796. The molecule has 5 heteroatoms. The Kier molecular flexibility index (Phi) is 3.46. The molecular weight excluding hydrogens is 278 g/mol. The molecule has 2 N–H and O–H groups in total. The second-order valence-corrected chi connectivity index (χ2v) is 5.58. The number of hydrogen-bond donors (Lipinski definition) is 1. The number of nitrogens with two attached hydrogens (primary N) is 1. The van der Waals surface area contributed by atoms with Gasteiger partial charge in [0.25, 0.3) is 0 Å². The number of fused-ring (bicyclic) bond motifs is 1. The smallest absolute Gasteiger partial charge is 0.159 e. The van der Waals surface area contributed by atoms with E-state index in [0.29, 0.717) is 12.0 Å². The van der Waals surface area contributed by atoms with Crippen LogP contribution in [-0.4, -0.2) is 4.98 Å². The van der Waals surface area contributed by atoms with E-state index in [0.717, 1.165) is 21.8 Å². The third-order valence-corrected chi connectivity index (χ3v) is 4.04. The Bertz CT molecular complexity index is 754. The van der Waals surface area contributed by atoms with Crippen molar-refractivity contribution in [1.29, 1.82) is 0 Å². The Morgan fingerprint density at radius 2 is 2.00 bits per heavy atom. The van der Waals surface area contributed by atoms with Crippen molar-refractivity contribution in [1.82, 2.24) is 4.98 Å². The van der Waals surface area contributed by atoms with Crippen LogP contribution >= 0.6 is 11.3 Å². The zero-order valence-electron chi connectivity index (χ0n) is 10.5. The van der Waals surface area contributed by atoms with Crippen LogP contribution in [0.25, 0.3) is 10.2 Å². The Labute approximate surface area is 118 Å². The van der Waals surface area contributed by atoms with Crippen LogP contribution < -0.4 is 5.73 Å². The van der Waals surface area contributed by atoms with E-state index in [2.05, 4.69) is 4.98 Å². The fraction of sp³-hybridized carbons (Fsp3) is 0.133. The molecule has 0 aliphatic carbocycles. The summed E-state index contributed by atoms with van der Waals surface area (Å²) in [5.41, 5.74) is 8.63. The van der Waals surface area contributed by atoms with E-state index >= 15 is 0 Å². The van der Waals surface area contributed by atoms with Crippen molar-refractivity contribution in [2.75, 3.05) is 0 Å². The van der Waals surface area contributed by atoms with Crippen molar-refractivity contribution < 1.29 is 8.78 Å². The van der Waals surface area contributed by atoms with Crippen LogP contribution in [0.3, 0.4) is 0 Å². The van der Waals surface area contributed by atoms with Gasteiger partial charge in [-0.2, -0.15) is 0 Å². The maximum absolute atomic E-state index is 13.2. The fourth-order valence-corrected chi connectivity index (χ4v) is 2.89. The van der Waals surface area contributed by atoms with Crippen molar-refractivity contribution in [2.24, 2.45) is 5.73 Å². The first kappa shape index (κ1) is 13.1. The number of rotatable bonds is 3. The average Bonchev–Trinajstić information content (AvgIpc) is 2.90. The first-order valence-corrected chi connectivity index (χ1v) is 7.04. The van der Waals surface area contributed by atoms with Crippen molar-refractivity contribution in [3.05, 3.63) is 64.7 Å². The average molecular weight is 290 g/mol. The normalized spacial score (nSPS) is 12.8. The lowest BCUT2D eigenvalue weighted by Gasteiger charge is -2.12. The topological polar surface area (TPSA) is 38.9 Å². The lowest BCUT2D eigenvalue weighted by Crippen LogP contribution is -2.13. The van der Waals surface area contributed by atoms with Gasteiger partial charge in [0.15, 0.2) is 11.6 Å². The maximum atomic E-state index is 13.2. The highest BCUT2D eigenvalue weighted by Crippen LogP contribution is 2.24. The molecule has 0 amide bonds. The van der Waals surface area contributed by atoms with E-state index in [9.17, 15) is 8.78 Å². The minimum atomic E-state index is -0.846. The molecule has 0 saturated carbocycles. The summed E-state index contributed by atoms with van der Waals surface area (Å²) in [6.45, 7) is 0. The highest BCUT2D eigenvalue weighted by molar-refractivity contribution is 7.17. The lowest BCUT2D eigenvalue weighted by molar-refractivity contribution is 0.506. The molecule has 0 aliphatic heterocycles. The van der Waals surface area contributed by atoms with E-state index in [1.807, 2.05) is 17.5 Å². The van der Waals surface area contributed by atoms with E-state index in [-0.39, 0.29) is 6.04 Å². The molecule has 1 atom stereocenters. The second-order valence-electron chi connectivity index (χ2n) is 4.63. The summed E-state index contributed by atoms with van der Waals surface area (Å²) in [7, 11) is 0. The molecule has 1 aromatic carbocycles. The van der Waals surface area contributed by atoms with E-state index in [4.69, 9.17) is 5.73 Å². The summed E-state index contributed by atoms with van der Waals surface area (Å²) in [6, 6.07) is 7.51. The van der Waals surface area contributed by atoms with Crippen molar-refractivity contribution in [3.8, 4) is 0 Å². The molecule has 2 heterocycles. The standard InChI is InChI=1S/C15H12F2N2S/c16-11-2-1-9(5-12(11)17)6-13(18)10-7-15-14(19-8-10)3-4-20-15/h1-5,7-8,13H,6,18H2. The molecular formula is C15H12F2N2S. The first-order chi connectivity index (χ1) is 9.63. The fourth-order valence-electron chi connectivity index (χ4n) is 2.10. The Hall–Kier alpha value is -1.85. The van der Waals surface area contributed by atoms with Crippen LogP contribution in [0.5, 0.6) is 0 Å². The van der Waals surface area contributed by atoms with Gasteiger partial charge in [-0.15, -0.1) is 11.3 Å². The highest BCUT2D eigenvalue weighted by Gasteiger charge is 2.11. The maximum Gasteiger partial charge on any atom is 0.159 e. The van der Waals surface area contributed by atoms with Gasteiger partial charge in [0.1, 0.15) is 0 Å². The summed E-state index contributed by atoms with van der Waals surface area (Å²) in [6.07, 6.45) is 2.18. The molecule has 0 spiro atoms. The molecule has 1 unspecified atom stereocenters. The zero-order chi connectivity index (χ0) is 14.1. The number of aromatic nitrogens is 1. The summed E-state index contributed by atoms with van der Waals surface area (Å²) in [5, 5.41) is 1.97. The third kappa shape index (κ3) is 2.55. The van der Waals surface area contributed by atoms with Gasteiger partial charge in [-0.1, -0.05) is 6.07 Å². The molecule has 0 radical (unpaired) electrons. The monoisotopic (exact) mass is 290 g/mol. The van der Waals surface area contributed by atoms with E-state index in [1.165, 1.54) is 6.07 Å². The van der Waals surface area contributed by atoms with Crippen molar-refractivity contribution >= 4 is 21.6 Å². The number of hydrogen-bond acceptors (Lipinski definition) is 3. The molecule has 0 aliphatic rings. The third-order valence-electron chi connectivity index (χ3n) is 3.19. The second kappa shape index (κ2) is 5.26. The minimum absolute atomic E-state index is 0.293. The molecule has 3 aromatic rings. The van der Waals surface area contributed by atoms with E-state index in [1.54, 1.807) is 23.6 Å². The van der Waals surface area contributed by atoms with Gasteiger partial charge in [0.2, 0.25) is 0 Å². The Morgan fingerprint density at radius 3 is 2.80 bits per heavy atom. The van der Waals surface area contributed by atoms with Crippen molar-refractivity contribution in [3.63, 3.8) is 0 Å². The van der Waals surface area contributed by atoms with Gasteiger partial charge in [0, 0.05) is 12.2 Å². The summed E-state index contributed by atoms with van der Waals surface area (Å²) >= 11 is 1.60. The molecule has 102 valence electrons. The summed E-state index contributed by atoms with van der Waals surface area (Å²) in [4.78, 5) is 4.33. The zero-order valence-corrected chi connectivity index (χ0v) is 11.3. The number of benzene rings is 1. The van der Waals surface area contributed by atoms with Gasteiger partial charge in [-0.25, -0.2) is 8.78 Å². The largest absolute Gasteiger partial charge is 0.324 e. The predicted molar refractivity (Wildman–Crippen MR) is 76.6 cm³/mol. The molecule has 20 heavy (non-hydrogen) atoms. The van der Waals surface area contributed by atoms with Crippen LogP contribution in [-0.2, 0) is 6.42 Å². The van der Waals surface area contributed by atoms with Crippen molar-refractivity contribution in [2.45, 2.75) is 12.5 Å². The van der Waals surface area contributed by atoms with Crippen LogP contribution in [0.4, 0.5) is 8.78 Å². The summed E-state index contributed by atoms with van der Waals surface area (Å²) < 4.78 is 27.1. The Morgan fingerprint density at radius 1 is 1.15 bits per heavy atom. The van der Waals surface area contributed by atoms with Gasteiger partial charge in [-0.3, -0.25) is 4.98 Å². The van der Waals surface area contributed by atoms with E-state index < -0.39 is 11.6 Å². The molecule has 2 aromatic heterocycles. The van der Waals surface area contributed by atoms with Crippen LogP contribution in [0.15, 0.2) is 41.9 Å². The van der Waals surface area contributed by atoms with Crippen LogP contribution in [0.1, 0.15) is 17.2 Å². The molecule has 3 rings (SSSR count). The first-order valence-electron chi connectivity index (χ1n) is 6.16. The number of halogens is 2. The molecule has 2 nitrogen and oxygen atoms in total. The lowest BCUT2D eigenvalue weighted by atomic mass is 10.0. The Balaban J connectivity index is 1.84. The molecule has 0 fully saturated rings. The van der Waals surface area contributed by atoms with Gasteiger partial charge < -0.3 is 5.73 Å². The minimum Gasteiger partial charge on any atom is -0.324 e. The van der Waals surface area contributed by atoms with Crippen LogP contribution in [0, 0.1) is 11.6 Å². The number of thiophene rings is 1. The van der Waals surface area contributed by atoms with Crippen LogP contribution in [0.2, 0.25) is 0 Å². The molecule has 0 saturated heterocycles. The SMILES string of the molecule is NC(Cc1ccc(F)c(F)c1)c1cnc2ccsc2c1. The molecule has 0 bridgehead atoms. The van der Waals surface area contributed by atoms with Gasteiger partial charge in [0.05, 0.1) is 10.2 Å². The number of nitrogens with zero attached hydrogens (tertiary/aromatic N) is 1. The summed E-state index contributed by atoms with van der Waals surface area (Å²) in [5.74, 6) is -1.69. The van der Waals surface area contributed by atoms with Gasteiger partial charge in [-0.05, 0) is 47.2 Å².